The number of para-hydroxylation sites is 1. The summed E-state index contributed by atoms with van der Waals surface area (Å²) in [6.07, 6.45) is -3.85. The Bertz CT molecular complexity index is 840. The van der Waals surface area contributed by atoms with Gasteiger partial charge in [0.25, 0.3) is 5.91 Å². The Balaban J connectivity index is 1.58. The quantitative estimate of drug-likeness (QED) is 0.797. The summed E-state index contributed by atoms with van der Waals surface area (Å²) in [5, 5.41) is 9.04. The van der Waals surface area contributed by atoms with Crippen LogP contribution in [-0.4, -0.2) is 48.7 Å². The van der Waals surface area contributed by atoms with Crippen LogP contribution in [0.2, 0.25) is 0 Å². The molecule has 1 unspecified atom stereocenters. The van der Waals surface area contributed by atoms with Gasteiger partial charge in [-0.25, -0.2) is 0 Å². The van der Waals surface area contributed by atoms with Crippen LogP contribution in [0.25, 0.3) is 0 Å². The van der Waals surface area contributed by atoms with Crippen LogP contribution in [0.4, 0.5) is 18.9 Å². The molecular weight excluding hydrogens is 385 g/mol. The normalized spacial score (nSPS) is 16.7. The number of nitrogens with zero attached hydrogens (tertiary/aromatic N) is 2. The fraction of sp³-hybridized carbons (Fsp3) is 0.381. The zero-order valence-electron chi connectivity index (χ0n) is 16.0. The van der Waals surface area contributed by atoms with Gasteiger partial charge in [0.2, 0.25) is 0 Å². The van der Waals surface area contributed by atoms with Crippen molar-refractivity contribution in [1.82, 2.24) is 4.90 Å². The molecule has 8 heteroatoms. The smallest absolute Gasteiger partial charge is 0.418 e. The van der Waals surface area contributed by atoms with E-state index < -0.39 is 11.7 Å². The molecule has 2 aromatic rings. The maximum absolute atomic E-state index is 13.3. The van der Waals surface area contributed by atoms with Gasteiger partial charge in [-0.05, 0) is 36.2 Å². The van der Waals surface area contributed by atoms with Gasteiger partial charge in [0.1, 0.15) is 5.75 Å². The number of anilines is 1. The first-order valence-corrected chi connectivity index (χ1v) is 9.29. The van der Waals surface area contributed by atoms with Crippen molar-refractivity contribution in [3.63, 3.8) is 0 Å². The van der Waals surface area contributed by atoms with Crippen molar-refractivity contribution in [2.45, 2.75) is 25.2 Å². The second-order valence-corrected chi connectivity index (χ2v) is 7.00. The number of aliphatic hydroxyl groups is 1. The Morgan fingerprint density at radius 1 is 1.21 bits per heavy atom. The minimum Gasteiger partial charge on any atom is -0.484 e. The van der Waals surface area contributed by atoms with Crippen LogP contribution in [0.1, 0.15) is 17.5 Å². The van der Waals surface area contributed by atoms with Crippen LogP contribution in [0, 0.1) is 0 Å². The number of rotatable bonds is 6. The van der Waals surface area contributed by atoms with Gasteiger partial charge in [0, 0.05) is 31.9 Å². The van der Waals surface area contributed by atoms with E-state index in [9.17, 15) is 18.0 Å². The van der Waals surface area contributed by atoms with Crippen molar-refractivity contribution in [2.75, 3.05) is 31.6 Å². The molecular formula is C21H23F3N2O3. The highest BCUT2D eigenvalue weighted by Crippen LogP contribution is 2.37. The summed E-state index contributed by atoms with van der Waals surface area (Å²) >= 11 is 0. The van der Waals surface area contributed by atoms with E-state index in [1.54, 1.807) is 47.2 Å². The van der Waals surface area contributed by atoms with Crippen molar-refractivity contribution in [3.05, 3.63) is 59.7 Å². The van der Waals surface area contributed by atoms with E-state index in [0.717, 1.165) is 11.6 Å². The number of benzene rings is 2. The van der Waals surface area contributed by atoms with Gasteiger partial charge in [-0.2, -0.15) is 13.2 Å². The average molecular weight is 408 g/mol. The Kier molecular flexibility index (Phi) is 6.32. The van der Waals surface area contributed by atoms with E-state index in [1.807, 2.05) is 0 Å². The molecule has 2 aromatic carbocycles. The van der Waals surface area contributed by atoms with Crippen LogP contribution < -0.4 is 9.64 Å². The van der Waals surface area contributed by atoms with Gasteiger partial charge in [-0.15, -0.1) is 0 Å². The van der Waals surface area contributed by atoms with Crippen molar-refractivity contribution in [3.8, 4) is 5.75 Å². The topological polar surface area (TPSA) is 53.0 Å². The molecule has 1 aliphatic rings. The molecule has 1 fully saturated rings. The highest BCUT2D eigenvalue weighted by atomic mass is 19.4. The van der Waals surface area contributed by atoms with Crippen LogP contribution in [-0.2, 0) is 17.6 Å². The fourth-order valence-corrected chi connectivity index (χ4v) is 3.43. The summed E-state index contributed by atoms with van der Waals surface area (Å²) < 4.78 is 45.4. The largest absolute Gasteiger partial charge is 0.484 e. The van der Waals surface area contributed by atoms with Crippen molar-refractivity contribution in [2.24, 2.45) is 0 Å². The summed E-state index contributed by atoms with van der Waals surface area (Å²) in [5.41, 5.74) is 0.176. The molecule has 1 aliphatic heterocycles. The maximum atomic E-state index is 13.3. The first-order chi connectivity index (χ1) is 13.8. The van der Waals surface area contributed by atoms with Crippen LogP contribution >= 0.6 is 0 Å². The van der Waals surface area contributed by atoms with Gasteiger partial charge in [0.05, 0.1) is 12.2 Å². The van der Waals surface area contributed by atoms with Crippen molar-refractivity contribution < 1.29 is 27.8 Å². The lowest BCUT2D eigenvalue weighted by Crippen LogP contribution is -2.38. The number of carbonyl (C=O) groups is 1. The highest BCUT2D eigenvalue weighted by Gasteiger charge is 2.36. The monoisotopic (exact) mass is 408 g/mol. The van der Waals surface area contributed by atoms with Crippen molar-refractivity contribution >= 4 is 11.6 Å². The third kappa shape index (κ3) is 5.00. The zero-order valence-corrected chi connectivity index (χ0v) is 16.0. The SMILES string of the molecule is CN(c1ccccc1C(F)(F)F)C1CCN(C(=O)COc2ccc(CO)cc2)C1. The molecule has 29 heavy (non-hydrogen) atoms. The minimum atomic E-state index is -4.43. The molecule has 1 heterocycles. The third-order valence-corrected chi connectivity index (χ3v) is 5.12. The lowest BCUT2D eigenvalue weighted by Gasteiger charge is -2.29. The summed E-state index contributed by atoms with van der Waals surface area (Å²) in [4.78, 5) is 15.6. The zero-order chi connectivity index (χ0) is 21.0. The maximum Gasteiger partial charge on any atom is 0.418 e. The molecule has 1 saturated heterocycles. The van der Waals surface area contributed by atoms with Gasteiger partial charge >= 0.3 is 6.18 Å². The van der Waals surface area contributed by atoms with Gasteiger partial charge in [-0.1, -0.05) is 24.3 Å². The minimum absolute atomic E-state index is 0.0701. The summed E-state index contributed by atoms with van der Waals surface area (Å²) in [5.74, 6) is 0.304. The molecule has 0 aliphatic carbocycles. The molecule has 0 saturated carbocycles. The number of carbonyl (C=O) groups excluding carboxylic acids is 1. The fourth-order valence-electron chi connectivity index (χ4n) is 3.43. The Morgan fingerprint density at radius 3 is 2.55 bits per heavy atom. The van der Waals surface area contributed by atoms with Gasteiger partial charge in [0.15, 0.2) is 6.61 Å². The Morgan fingerprint density at radius 2 is 1.90 bits per heavy atom. The molecule has 0 aromatic heterocycles. The predicted molar refractivity (Wildman–Crippen MR) is 103 cm³/mol. The summed E-state index contributed by atoms with van der Waals surface area (Å²) in [6.45, 7) is 0.594. The molecule has 0 radical (unpaired) electrons. The van der Waals surface area contributed by atoms with Crippen LogP contribution in [0.3, 0.4) is 0 Å². The van der Waals surface area contributed by atoms with Crippen LogP contribution in [0.15, 0.2) is 48.5 Å². The number of alkyl halides is 3. The Hall–Kier alpha value is -2.74. The van der Waals surface area contributed by atoms with E-state index in [2.05, 4.69) is 0 Å². The predicted octanol–water partition coefficient (Wildman–Crippen LogP) is 3.31. The van der Waals surface area contributed by atoms with E-state index in [4.69, 9.17) is 9.84 Å². The van der Waals surface area contributed by atoms with Gasteiger partial charge in [-0.3, -0.25) is 4.79 Å². The third-order valence-electron chi connectivity index (χ3n) is 5.12. The number of likely N-dealkylation sites (tertiary alicyclic amines) is 1. The molecule has 0 bridgehead atoms. The lowest BCUT2D eigenvalue weighted by atomic mass is 10.1. The van der Waals surface area contributed by atoms with Gasteiger partial charge < -0.3 is 19.6 Å². The molecule has 1 atom stereocenters. The standard InChI is InChI=1S/C21H23F3N2O3/c1-25(19-5-3-2-4-18(19)21(22,23)24)16-10-11-26(12-16)20(28)14-29-17-8-6-15(13-27)7-9-17/h2-9,16,27H,10-14H2,1H3. The first kappa shape index (κ1) is 21.0. The number of halogens is 3. The average Bonchev–Trinajstić information content (AvgIpc) is 3.21. The number of hydrogen-bond acceptors (Lipinski definition) is 4. The number of hydrogen-bond donors (Lipinski definition) is 1. The van der Waals surface area contributed by atoms with E-state index >= 15 is 0 Å². The van der Waals surface area contributed by atoms with Crippen molar-refractivity contribution in [1.29, 1.82) is 0 Å². The highest BCUT2D eigenvalue weighted by molar-refractivity contribution is 5.78. The summed E-state index contributed by atoms with van der Waals surface area (Å²) in [6, 6.07) is 12.0. The molecule has 1 N–H and O–H groups in total. The van der Waals surface area contributed by atoms with E-state index in [-0.39, 0.29) is 30.9 Å². The second kappa shape index (κ2) is 8.73. The molecule has 156 valence electrons. The number of amides is 1. The Labute approximate surface area is 167 Å². The molecule has 3 rings (SSSR count). The first-order valence-electron chi connectivity index (χ1n) is 9.29. The second-order valence-electron chi connectivity index (χ2n) is 7.00. The number of ether oxygens (including phenoxy) is 1. The number of likely N-dealkylation sites (N-methyl/N-ethyl adjacent to an activating group) is 1. The molecule has 5 nitrogen and oxygen atoms in total. The van der Waals surface area contributed by atoms with E-state index in [1.165, 1.54) is 12.1 Å². The summed E-state index contributed by atoms with van der Waals surface area (Å²) in [7, 11) is 1.63. The number of aliphatic hydroxyl groups excluding tert-OH is 1. The molecule has 1 amide bonds. The van der Waals surface area contributed by atoms with E-state index in [0.29, 0.717) is 25.3 Å². The molecule has 0 spiro atoms. The van der Waals surface area contributed by atoms with Crippen LogP contribution in [0.5, 0.6) is 5.75 Å². The lowest BCUT2D eigenvalue weighted by molar-refractivity contribution is -0.137.